The minimum Gasteiger partial charge on any atom is -0.342 e. The lowest BCUT2D eigenvalue weighted by Crippen LogP contribution is -2.31. The average Bonchev–Trinajstić information content (AvgIpc) is 3.21. The minimum absolute atomic E-state index is 0.0943. The molecule has 2 N–H and O–H groups in total. The van der Waals surface area contributed by atoms with E-state index in [4.69, 9.17) is 23.2 Å². The molecule has 0 unspecified atom stereocenters. The highest BCUT2D eigenvalue weighted by Crippen LogP contribution is 2.27. The summed E-state index contributed by atoms with van der Waals surface area (Å²) in [6, 6.07) is 9.86. The number of rotatable bonds is 10. The quantitative estimate of drug-likeness (QED) is 0.310. The molecule has 1 atom stereocenters. The van der Waals surface area contributed by atoms with Gasteiger partial charge in [0.2, 0.25) is 5.91 Å². The maximum Gasteiger partial charge on any atom is 0.253 e. The van der Waals surface area contributed by atoms with Crippen molar-refractivity contribution in [3.05, 3.63) is 69.7 Å². The molecular weight excluding hydrogens is 512 g/mol. The third kappa shape index (κ3) is 7.43. The van der Waals surface area contributed by atoms with Gasteiger partial charge in [0.15, 0.2) is 11.0 Å². The van der Waals surface area contributed by atoms with Gasteiger partial charge in [0.25, 0.3) is 5.91 Å². The zero-order chi connectivity index (χ0) is 25.5. The first-order chi connectivity index (χ1) is 16.7. The summed E-state index contributed by atoms with van der Waals surface area (Å²) in [6.45, 7) is 6.60. The SMILES string of the molecule is CCn1c(SCC(=O)Nc2ccc(F)cc2)nnc1[C@@H](CC(C)C)NC(=O)c1ccc(Cl)cc1Cl. The maximum absolute atomic E-state index is 13.1. The number of benzene rings is 2. The zero-order valence-electron chi connectivity index (χ0n) is 19.5. The molecule has 1 heterocycles. The van der Waals surface area contributed by atoms with E-state index < -0.39 is 6.04 Å². The lowest BCUT2D eigenvalue weighted by atomic mass is 10.0. The smallest absolute Gasteiger partial charge is 0.253 e. The van der Waals surface area contributed by atoms with E-state index in [1.54, 1.807) is 12.1 Å². The Hall–Kier alpha value is -2.62. The number of hydrogen-bond donors (Lipinski definition) is 2. The fourth-order valence-electron chi connectivity index (χ4n) is 3.43. The van der Waals surface area contributed by atoms with E-state index in [0.717, 1.165) is 0 Å². The molecule has 0 fully saturated rings. The third-order valence-corrected chi connectivity index (χ3v) is 6.54. The van der Waals surface area contributed by atoms with Gasteiger partial charge < -0.3 is 15.2 Å². The second-order valence-corrected chi connectivity index (χ2v) is 9.99. The van der Waals surface area contributed by atoms with Gasteiger partial charge in [0, 0.05) is 17.3 Å². The summed E-state index contributed by atoms with van der Waals surface area (Å²) in [5.74, 6) is -0.00467. The minimum atomic E-state index is -0.413. The van der Waals surface area contributed by atoms with Crippen molar-refractivity contribution in [1.29, 1.82) is 0 Å². The topological polar surface area (TPSA) is 88.9 Å². The van der Waals surface area contributed by atoms with Crippen molar-refractivity contribution in [2.24, 2.45) is 5.92 Å². The molecule has 0 saturated heterocycles. The van der Waals surface area contributed by atoms with Crippen LogP contribution >= 0.6 is 35.0 Å². The Morgan fingerprint density at radius 3 is 2.46 bits per heavy atom. The van der Waals surface area contributed by atoms with Crippen LogP contribution in [-0.2, 0) is 11.3 Å². The maximum atomic E-state index is 13.1. The third-order valence-electron chi connectivity index (χ3n) is 5.02. The van der Waals surface area contributed by atoms with Crippen molar-refractivity contribution >= 4 is 52.5 Å². The number of nitrogens with one attached hydrogen (secondary N) is 2. The molecule has 2 amide bonds. The largest absolute Gasteiger partial charge is 0.342 e. The van der Waals surface area contributed by atoms with Crippen LogP contribution in [0.3, 0.4) is 0 Å². The lowest BCUT2D eigenvalue weighted by Gasteiger charge is -2.21. The van der Waals surface area contributed by atoms with Crippen LogP contribution in [0.25, 0.3) is 0 Å². The molecule has 0 bridgehead atoms. The molecule has 0 aliphatic rings. The predicted octanol–water partition coefficient (Wildman–Crippen LogP) is 5.99. The van der Waals surface area contributed by atoms with E-state index >= 15 is 0 Å². The number of halogens is 3. The molecule has 0 saturated carbocycles. The summed E-state index contributed by atoms with van der Waals surface area (Å²) in [7, 11) is 0. The van der Waals surface area contributed by atoms with Crippen LogP contribution in [0.1, 0.15) is 49.4 Å². The summed E-state index contributed by atoms with van der Waals surface area (Å²) in [4.78, 5) is 25.3. The van der Waals surface area contributed by atoms with E-state index in [0.29, 0.717) is 40.2 Å². The first-order valence-electron chi connectivity index (χ1n) is 11.0. The zero-order valence-corrected chi connectivity index (χ0v) is 21.8. The summed E-state index contributed by atoms with van der Waals surface area (Å²) < 4.78 is 14.9. The van der Waals surface area contributed by atoms with Crippen LogP contribution in [0, 0.1) is 11.7 Å². The van der Waals surface area contributed by atoms with Gasteiger partial charge in [0.05, 0.1) is 22.4 Å². The molecule has 3 aromatic rings. The lowest BCUT2D eigenvalue weighted by molar-refractivity contribution is -0.113. The van der Waals surface area contributed by atoms with Gasteiger partial charge in [-0.2, -0.15) is 0 Å². The normalized spacial score (nSPS) is 12.0. The average molecular weight is 538 g/mol. The van der Waals surface area contributed by atoms with Gasteiger partial charge in [-0.25, -0.2) is 4.39 Å². The summed E-state index contributed by atoms with van der Waals surface area (Å²) in [5.41, 5.74) is 0.828. The second kappa shape index (κ2) is 12.4. The Morgan fingerprint density at radius 1 is 1.11 bits per heavy atom. The highest BCUT2D eigenvalue weighted by molar-refractivity contribution is 7.99. The van der Waals surface area contributed by atoms with Gasteiger partial charge >= 0.3 is 0 Å². The van der Waals surface area contributed by atoms with E-state index in [2.05, 4.69) is 34.7 Å². The van der Waals surface area contributed by atoms with Crippen molar-refractivity contribution in [2.75, 3.05) is 11.1 Å². The van der Waals surface area contributed by atoms with Crippen molar-refractivity contribution in [2.45, 2.75) is 44.9 Å². The standard InChI is InChI=1S/C24H26Cl2FN5O2S/c1-4-32-22(20(11-14(2)3)29-23(34)18-10-5-15(25)12-19(18)26)30-31-24(32)35-13-21(33)28-17-8-6-16(27)7-9-17/h5-10,12,14,20H,4,11,13H2,1-3H3,(H,28,33)(H,29,34)/t20-/m1/s1. The van der Waals surface area contributed by atoms with Crippen LogP contribution in [0.2, 0.25) is 10.0 Å². The number of hydrogen-bond acceptors (Lipinski definition) is 5. The Labute approximate surface area is 217 Å². The van der Waals surface area contributed by atoms with E-state index in [9.17, 15) is 14.0 Å². The molecule has 35 heavy (non-hydrogen) atoms. The second-order valence-electron chi connectivity index (χ2n) is 8.21. The van der Waals surface area contributed by atoms with Crippen LogP contribution in [0.4, 0.5) is 10.1 Å². The molecule has 7 nitrogen and oxygen atoms in total. The first kappa shape index (κ1) is 27.0. The van der Waals surface area contributed by atoms with Gasteiger partial charge in [-0.3, -0.25) is 9.59 Å². The number of nitrogens with zero attached hydrogens (tertiary/aromatic N) is 3. The van der Waals surface area contributed by atoms with Crippen LogP contribution < -0.4 is 10.6 Å². The Balaban J connectivity index is 1.74. The number of carbonyl (C=O) groups is 2. The molecule has 0 aliphatic heterocycles. The first-order valence-corrected chi connectivity index (χ1v) is 12.8. The van der Waals surface area contributed by atoms with Gasteiger partial charge in [-0.05, 0) is 61.7 Å². The molecule has 1 aromatic heterocycles. The highest BCUT2D eigenvalue weighted by Gasteiger charge is 2.25. The monoisotopic (exact) mass is 537 g/mol. The van der Waals surface area contributed by atoms with E-state index in [1.807, 2.05) is 11.5 Å². The predicted molar refractivity (Wildman–Crippen MR) is 138 cm³/mol. The molecular formula is C24H26Cl2FN5O2S. The summed E-state index contributed by atoms with van der Waals surface area (Å²) in [5, 5.41) is 15.6. The van der Waals surface area contributed by atoms with Crippen molar-refractivity contribution in [1.82, 2.24) is 20.1 Å². The number of carbonyl (C=O) groups excluding carboxylic acids is 2. The van der Waals surface area contributed by atoms with Gasteiger partial charge in [0.1, 0.15) is 5.82 Å². The van der Waals surface area contributed by atoms with Crippen molar-refractivity contribution in [3.8, 4) is 0 Å². The number of anilines is 1. The molecule has 186 valence electrons. The van der Waals surface area contributed by atoms with Crippen molar-refractivity contribution < 1.29 is 14.0 Å². The van der Waals surface area contributed by atoms with Gasteiger partial charge in [-0.15, -0.1) is 10.2 Å². The Morgan fingerprint density at radius 2 is 1.83 bits per heavy atom. The van der Waals surface area contributed by atoms with Gasteiger partial charge in [-0.1, -0.05) is 48.8 Å². The van der Waals surface area contributed by atoms with Crippen LogP contribution in [-0.4, -0.2) is 32.3 Å². The van der Waals surface area contributed by atoms with Crippen LogP contribution in [0.15, 0.2) is 47.6 Å². The Kier molecular flexibility index (Phi) is 9.54. The summed E-state index contributed by atoms with van der Waals surface area (Å²) >= 11 is 13.4. The molecule has 0 spiro atoms. The fourth-order valence-corrected chi connectivity index (χ4v) is 4.74. The number of amides is 2. The highest BCUT2D eigenvalue weighted by atomic mass is 35.5. The van der Waals surface area contributed by atoms with E-state index in [1.165, 1.54) is 42.1 Å². The van der Waals surface area contributed by atoms with Crippen LogP contribution in [0.5, 0.6) is 0 Å². The number of aromatic nitrogens is 3. The molecule has 0 radical (unpaired) electrons. The fraction of sp³-hybridized carbons (Fsp3) is 0.333. The molecule has 3 rings (SSSR count). The Bertz CT molecular complexity index is 1190. The molecule has 2 aromatic carbocycles. The van der Waals surface area contributed by atoms with Crippen molar-refractivity contribution in [3.63, 3.8) is 0 Å². The molecule has 0 aliphatic carbocycles. The number of thioether (sulfide) groups is 1. The summed E-state index contributed by atoms with van der Waals surface area (Å²) in [6.07, 6.45) is 0.630. The molecule has 11 heteroatoms. The van der Waals surface area contributed by atoms with E-state index in [-0.39, 0.29) is 34.3 Å².